The maximum absolute atomic E-state index is 15.0. The van der Waals surface area contributed by atoms with Crippen LogP contribution in [0.25, 0.3) is 0 Å². The van der Waals surface area contributed by atoms with Crippen molar-refractivity contribution in [2.45, 2.75) is 142 Å². The Morgan fingerprint density at radius 2 is 1.47 bits per heavy atom. The fourth-order valence-electron chi connectivity index (χ4n) is 7.14. The molecule has 7 amide bonds. The third kappa shape index (κ3) is 15.7. The number of carbonyl (C=O) groups is 10. The van der Waals surface area contributed by atoms with E-state index in [1.54, 1.807) is 58.0 Å². The zero-order chi connectivity index (χ0) is 53.5. The monoisotopic (exact) mass is 986 g/mol. The van der Waals surface area contributed by atoms with Gasteiger partial charge < -0.3 is 60.0 Å². The van der Waals surface area contributed by atoms with Gasteiger partial charge in [0.25, 0.3) is 11.8 Å². The molecule has 0 radical (unpaired) electrons. The fraction of sp³-hybridized carbons (Fsp3) is 0.583. The number of carbonyl (C=O) groups excluding carboxylic acids is 10. The second-order valence-corrected chi connectivity index (χ2v) is 17.7. The number of likely N-dealkylation sites (N-methyl/N-ethyl adjacent to an activating group) is 3. The van der Waals surface area contributed by atoms with Crippen molar-refractivity contribution >= 4 is 59.3 Å². The summed E-state index contributed by atoms with van der Waals surface area (Å²) in [7, 11) is 4.80. The number of esters is 3. The van der Waals surface area contributed by atoms with Gasteiger partial charge >= 0.3 is 17.9 Å². The van der Waals surface area contributed by atoms with Gasteiger partial charge in [0.2, 0.25) is 29.5 Å². The molecule has 388 valence electrons. The highest BCUT2D eigenvalue weighted by Gasteiger charge is 2.46. The Morgan fingerprint density at radius 3 is 1.99 bits per heavy atom. The summed E-state index contributed by atoms with van der Waals surface area (Å²) < 4.78 is 23.0. The Balaban J connectivity index is 2.94. The van der Waals surface area contributed by atoms with E-state index in [1.165, 1.54) is 48.9 Å². The van der Waals surface area contributed by atoms with E-state index in [2.05, 4.69) is 34.4 Å². The minimum atomic E-state index is -1.88. The summed E-state index contributed by atoms with van der Waals surface area (Å²) in [6.45, 7) is 20.3. The van der Waals surface area contributed by atoms with E-state index < -0.39 is 144 Å². The van der Waals surface area contributed by atoms with Crippen LogP contribution in [0.2, 0.25) is 0 Å². The predicted octanol–water partition coefficient (Wildman–Crippen LogP) is -0.0931. The highest BCUT2D eigenvalue weighted by Crippen LogP contribution is 2.22. The number of hydrogen-bond donors (Lipinski definition) is 5. The van der Waals surface area contributed by atoms with Crippen molar-refractivity contribution in [3.63, 3.8) is 0 Å². The lowest BCUT2D eigenvalue weighted by Gasteiger charge is -2.38. The van der Waals surface area contributed by atoms with E-state index in [0.29, 0.717) is 5.56 Å². The Hall–Kier alpha value is -6.68. The molecule has 0 aromatic heterocycles. The molecular weight excluding hydrogens is 915 g/mol. The van der Waals surface area contributed by atoms with Gasteiger partial charge in [-0.1, -0.05) is 78.1 Å². The largest absolute Gasteiger partial charge is 0.458 e. The van der Waals surface area contributed by atoms with Gasteiger partial charge in [0, 0.05) is 48.0 Å². The van der Waals surface area contributed by atoms with Crippen LogP contribution in [0, 0.1) is 11.8 Å². The number of hydrogen-bond acceptors (Lipinski definition) is 15. The molecule has 2 rings (SSSR count). The van der Waals surface area contributed by atoms with Crippen LogP contribution in [0.15, 0.2) is 55.3 Å². The Labute approximate surface area is 409 Å². The van der Waals surface area contributed by atoms with Gasteiger partial charge in [-0.15, -0.1) is 0 Å². The molecular formula is C48H71N7O15. The van der Waals surface area contributed by atoms with Gasteiger partial charge in [-0.2, -0.15) is 0 Å². The first-order chi connectivity index (χ1) is 32.6. The number of amides is 7. The molecule has 5 N–H and O–H groups in total. The van der Waals surface area contributed by atoms with Gasteiger partial charge in [-0.05, 0) is 44.2 Å². The van der Waals surface area contributed by atoms with Crippen LogP contribution in [0.1, 0.15) is 74.3 Å². The molecule has 70 heavy (non-hydrogen) atoms. The summed E-state index contributed by atoms with van der Waals surface area (Å²) in [5.41, 5.74) is 0.0240. The highest BCUT2D eigenvalue weighted by atomic mass is 16.6. The number of aliphatic hydroxyl groups is 1. The second kappa shape index (κ2) is 26.9. The van der Waals surface area contributed by atoms with Crippen LogP contribution in [-0.2, 0) is 73.3 Å². The maximum Gasteiger partial charge on any atom is 0.333 e. The molecule has 1 heterocycles. The molecule has 0 bridgehead atoms. The molecule has 0 unspecified atom stereocenters. The van der Waals surface area contributed by atoms with Gasteiger partial charge in [0.15, 0.2) is 30.3 Å². The minimum absolute atomic E-state index is 0.0640. The number of aliphatic hydroxyl groups excluding tert-OH is 1. The van der Waals surface area contributed by atoms with Gasteiger partial charge in [0.1, 0.15) is 29.9 Å². The molecule has 1 fully saturated rings. The van der Waals surface area contributed by atoms with Crippen LogP contribution < -0.4 is 21.3 Å². The minimum Gasteiger partial charge on any atom is -0.458 e. The first-order valence-electron chi connectivity index (χ1n) is 22.8. The summed E-state index contributed by atoms with van der Waals surface area (Å²) in [5.74, 6) is -11.3. The standard InChI is InChI=1S/C48H71N7O15/c1-16-32-35(50-30(11)56)46(64)69-33(23-31-21-19-18-20-22-31)44(62)54(13)27(8)41(59)49-26(7)43(61)53(12)28(9)42(60)52-37(45(63)55(14)38(29(10)67-15)48(66)68-32)40(25(5)6)70-47(65)36(39(58)24(3)4)51-34(57)17-2/h16,18-22,24-26,28-29,32-33,35-40,58H,1,8,17,23H2,2-7,9-15H3,(H,49,59)(H,50,56)(H,51,57)(H,52,60)/t26-,28-,29+,32+,33+,35-,36-,37-,38-,39+,40+/m0/s1. The van der Waals surface area contributed by atoms with Crippen LogP contribution in [0.3, 0.4) is 0 Å². The molecule has 0 saturated carbocycles. The molecule has 1 aromatic rings. The van der Waals surface area contributed by atoms with Crippen molar-refractivity contribution in [1.29, 1.82) is 0 Å². The van der Waals surface area contributed by atoms with Crippen molar-refractivity contribution in [2.24, 2.45) is 11.8 Å². The lowest BCUT2D eigenvalue weighted by Crippen LogP contribution is -2.63. The van der Waals surface area contributed by atoms with Crippen molar-refractivity contribution in [2.75, 3.05) is 28.3 Å². The van der Waals surface area contributed by atoms with Gasteiger partial charge in [-0.25, -0.2) is 14.4 Å². The molecule has 0 aliphatic carbocycles. The number of cyclic esters (lactones) is 2. The number of rotatable bonds is 14. The van der Waals surface area contributed by atoms with Crippen molar-refractivity contribution in [3.05, 3.63) is 60.8 Å². The van der Waals surface area contributed by atoms with E-state index in [9.17, 15) is 48.3 Å². The quantitative estimate of drug-likeness (QED) is 0.0705. The normalized spacial score (nSPS) is 24.7. The van der Waals surface area contributed by atoms with Crippen LogP contribution in [0.5, 0.6) is 0 Å². The van der Waals surface area contributed by atoms with Crippen LogP contribution >= 0.6 is 0 Å². The van der Waals surface area contributed by atoms with E-state index in [4.69, 9.17) is 18.9 Å². The first kappa shape index (κ1) is 59.4. The maximum atomic E-state index is 15.0. The summed E-state index contributed by atoms with van der Waals surface area (Å²) in [5, 5.41) is 20.9. The topological polar surface area (TPSA) is 286 Å². The molecule has 1 saturated heterocycles. The van der Waals surface area contributed by atoms with Crippen LogP contribution in [0.4, 0.5) is 0 Å². The Bertz CT molecular complexity index is 2100. The second-order valence-electron chi connectivity index (χ2n) is 17.7. The number of nitrogens with one attached hydrogen (secondary N) is 4. The average Bonchev–Trinajstić information content (AvgIpc) is 3.32. The third-order valence-electron chi connectivity index (χ3n) is 11.8. The first-order valence-corrected chi connectivity index (χ1v) is 22.8. The van der Waals surface area contributed by atoms with Crippen molar-refractivity contribution in [1.82, 2.24) is 36.0 Å². The van der Waals surface area contributed by atoms with E-state index in [0.717, 1.165) is 34.7 Å². The molecule has 1 aliphatic rings. The fourth-order valence-corrected chi connectivity index (χ4v) is 7.14. The van der Waals surface area contributed by atoms with Gasteiger partial charge in [0.05, 0.1) is 12.2 Å². The number of benzene rings is 1. The Morgan fingerprint density at radius 1 is 0.871 bits per heavy atom. The zero-order valence-electron chi connectivity index (χ0n) is 42.3. The smallest absolute Gasteiger partial charge is 0.333 e. The number of ether oxygens (including phenoxy) is 4. The Kier molecular flexibility index (Phi) is 22.9. The van der Waals surface area contributed by atoms with E-state index in [1.807, 2.05) is 0 Å². The molecule has 22 nitrogen and oxygen atoms in total. The predicted molar refractivity (Wildman–Crippen MR) is 252 cm³/mol. The lowest BCUT2D eigenvalue weighted by atomic mass is 9.95. The van der Waals surface area contributed by atoms with Crippen LogP contribution in [-0.4, -0.2) is 174 Å². The third-order valence-corrected chi connectivity index (χ3v) is 11.8. The van der Waals surface area contributed by atoms with E-state index in [-0.39, 0.29) is 12.8 Å². The zero-order valence-corrected chi connectivity index (χ0v) is 42.3. The van der Waals surface area contributed by atoms with E-state index >= 15 is 4.79 Å². The van der Waals surface area contributed by atoms with Crippen molar-refractivity contribution in [3.8, 4) is 0 Å². The summed E-state index contributed by atoms with van der Waals surface area (Å²) in [6, 6.07) is -1.55. The number of nitrogens with zero attached hydrogens (tertiary/aromatic N) is 3. The molecule has 0 spiro atoms. The summed E-state index contributed by atoms with van der Waals surface area (Å²) >= 11 is 0. The van der Waals surface area contributed by atoms with Crippen molar-refractivity contribution < 1.29 is 72.0 Å². The average molecular weight is 986 g/mol. The molecule has 1 aromatic carbocycles. The molecule has 1 aliphatic heterocycles. The highest BCUT2D eigenvalue weighted by molar-refractivity contribution is 6.01. The summed E-state index contributed by atoms with van der Waals surface area (Å²) in [4.78, 5) is 141. The number of methoxy groups -OCH3 is 1. The lowest BCUT2D eigenvalue weighted by molar-refractivity contribution is -0.173. The summed E-state index contributed by atoms with van der Waals surface area (Å²) in [6.07, 6.45) is -7.05. The molecule has 11 atom stereocenters. The molecule has 22 heteroatoms. The SMILES string of the molecule is C=C[C@H]1OC(=O)[C@H]([C@@H](C)OC)N(C)C(=O)[C@H]([C@H](OC(=O)[C@@H](NC(=O)CC)[C@H](O)C(C)C)C(C)C)NC(=O)[C@H](C)N(C)C(=O)[C@H](C)NC(=O)C(=C)N(C)C(=O)[C@@H](Cc2ccccc2)OC(=O)[C@H]1NC(C)=O. The van der Waals surface area contributed by atoms with Gasteiger partial charge in [-0.3, -0.25) is 33.6 Å².